The number of benzene rings is 2. The lowest BCUT2D eigenvalue weighted by Gasteiger charge is -2.43. The monoisotopic (exact) mass is 496 g/mol. The van der Waals surface area contributed by atoms with E-state index in [1.807, 2.05) is 34.1 Å². The van der Waals surface area contributed by atoms with Crippen molar-refractivity contribution in [2.45, 2.75) is 24.4 Å². The van der Waals surface area contributed by atoms with E-state index in [4.69, 9.17) is 4.74 Å². The Morgan fingerprint density at radius 3 is 2.23 bits per heavy atom. The molecular formula is C23H24BrF3N2O2. The number of hydrogen-bond acceptors (Lipinski definition) is 3. The summed E-state index contributed by atoms with van der Waals surface area (Å²) in [6.45, 7) is 3.03. The van der Waals surface area contributed by atoms with Gasteiger partial charge in [0.25, 0.3) is 0 Å². The molecule has 4 nitrogen and oxygen atoms in total. The minimum Gasteiger partial charge on any atom is -0.381 e. The summed E-state index contributed by atoms with van der Waals surface area (Å²) in [4.78, 5) is 17.5. The zero-order valence-corrected chi connectivity index (χ0v) is 18.6. The van der Waals surface area contributed by atoms with Gasteiger partial charge in [0, 0.05) is 49.6 Å². The van der Waals surface area contributed by atoms with Crippen LogP contribution >= 0.6 is 15.9 Å². The highest BCUT2D eigenvalue weighted by molar-refractivity contribution is 9.10. The fraction of sp³-hybridized carbons (Fsp3) is 0.435. The van der Waals surface area contributed by atoms with Crippen molar-refractivity contribution in [2.75, 3.05) is 44.3 Å². The molecule has 1 amide bonds. The second-order valence-corrected chi connectivity index (χ2v) is 8.94. The van der Waals surface area contributed by atoms with E-state index < -0.39 is 17.2 Å². The van der Waals surface area contributed by atoms with E-state index >= 15 is 0 Å². The number of amides is 1. The van der Waals surface area contributed by atoms with Crippen LogP contribution in [0.1, 0.15) is 24.0 Å². The summed E-state index contributed by atoms with van der Waals surface area (Å²) in [5.74, 6) is 0.0850. The Morgan fingerprint density at radius 2 is 1.61 bits per heavy atom. The zero-order chi connectivity index (χ0) is 22.1. The van der Waals surface area contributed by atoms with Crippen molar-refractivity contribution in [3.05, 3.63) is 64.1 Å². The van der Waals surface area contributed by atoms with E-state index in [1.165, 1.54) is 12.1 Å². The third kappa shape index (κ3) is 4.60. The van der Waals surface area contributed by atoms with E-state index in [2.05, 4.69) is 15.9 Å². The van der Waals surface area contributed by atoms with Gasteiger partial charge in [-0.15, -0.1) is 0 Å². The van der Waals surface area contributed by atoms with Gasteiger partial charge in [0.2, 0.25) is 5.91 Å². The second-order valence-electron chi connectivity index (χ2n) is 8.03. The molecule has 2 fully saturated rings. The molecule has 0 unspecified atom stereocenters. The molecule has 0 saturated carbocycles. The molecule has 0 spiro atoms. The molecule has 2 aromatic rings. The molecule has 166 valence electrons. The molecule has 2 aliphatic rings. The minimum absolute atomic E-state index is 0.0850. The van der Waals surface area contributed by atoms with Crippen molar-refractivity contribution < 1.29 is 22.7 Å². The van der Waals surface area contributed by atoms with Gasteiger partial charge in [-0.1, -0.05) is 34.1 Å². The number of alkyl halides is 3. The Morgan fingerprint density at radius 1 is 0.968 bits per heavy atom. The smallest absolute Gasteiger partial charge is 0.381 e. The van der Waals surface area contributed by atoms with Gasteiger partial charge in [0.15, 0.2) is 0 Å². The molecule has 2 saturated heterocycles. The molecule has 0 N–H and O–H groups in total. The lowest BCUT2D eigenvalue weighted by atomic mass is 9.73. The predicted octanol–water partition coefficient (Wildman–Crippen LogP) is 4.86. The maximum Gasteiger partial charge on any atom is 0.416 e. The molecule has 0 radical (unpaired) electrons. The molecule has 0 aliphatic carbocycles. The van der Waals surface area contributed by atoms with Crippen molar-refractivity contribution in [3.8, 4) is 0 Å². The number of rotatable bonds is 3. The molecule has 0 bridgehead atoms. The molecule has 0 atom stereocenters. The Labute approximate surface area is 188 Å². The lowest BCUT2D eigenvalue weighted by Crippen LogP contribution is -2.56. The van der Waals surface area contributed by atoms with Crippen LogP contribution in [-0.2, 0) is 21.1 Å². The van der Waals surface area contributed by atoms with Crippen LogP contribution in [0.4, 0.5) is 18.9 Å². The van der Waals surface area contributed by atoms with Crippen LogP contribution in [0.2, 0.25) is 0 Å². The Bertz CT molecular complexity index is 919. The summed E-state index contributed by atoms with van der Waals surface area (Å²) in [5, 5.41) is 0. The number of anilines is 1. The van der Waals surface area contributed by atoms with Crippen LogP contribution in [-0.4, -0.2) is 50.2 Å². The second kappa shape index (κ2) is 8.82. The van der Waals surface area contributed by atoms with Gasteiger partial charge < -0.3 is 14.5 Å². The van der Waals surface area contributed by atoms with Crippen molar-refractivity contribution >= 4 is 27.5 Å². The standard InChI is InChI=1S/C23H24BrF3N2O2/c24-19-6-4-17(5-7-19)22(8-14-31-15-9-22)21(30)29-12-10-28(11-13-29)20-3-1-2-18(16-20)23(25,26)27/h1-7,16H,8-15H2. The molecule has 31 heavy (non-hydrogen) atoms. The lowest BCUT2D eigenvalue weighted by molar-refractivity contribution is -0.141. The molecule has 0 aromatic heterocycles. The van der Waals surface area contributed by atoms with Crippen molar-refractivity contribution in [2.24, 2.45) is 0 Å². The van der Waals surface area contributed by atoms with Crippen LogP contribution in [0.3, 0.4) is 0 Å². The average Bonchev–Trinajstić information content (AvgIpc) is 2.79. The molecule has 8 heteroatoms. The first-order valence-corrected chi connectivity index (χ1v) is 11.1. The fourth-order valence-corrected chi connectivity index (χ4v) is 4.73. The average molecular weight is 497 g/mol. The normalized spacial score (nSPS) is 19.4. The van der Waals surface area contributed by atoms with Gasteiger partial charge in [-0.3, -0.25) is 4.79 Å². The summed E-state index contributed by atoms with van der Waals surface area (Å²) in [5.41, 5.74) is 0.261. The third-order valence-corrected chi connectivity index (χ3v) is 6.79. The summed E-state index contributed by atoms with van der Waals surface area (Å²) in [7, 11) is 0. The summed E-state index contributed by atoms with van der Waals surface area (Å²) in [6.07, 6.45) is -3.11. The summed E-state index contributed by atoms with van der Waals surface area (Å²) in [6, 6.07) is 13.3. The molecular weight excluding hydrogens is 473 g/mol. The van der Waals surface area contributed by atoms with Crippen molar-refractivity contribution in [3.63, 3.8) is 0 Å². The van der Waals surface area contributed by atoms with E-state index in [9.17, 15) is 18.0 Å². The summed E-state index contributed by atoms with van der Waals surface area (Å²) < 4.78 is 45.7. The van der Waals surface area contributed by atoms with Gasteiger partial charge in [-0.25, -0.2) is 0 Å². The third-order valence-electron chi connectivity index (χ3n) is 6.26. The van der Waals surface area contributed by atoms with Gasteiger partial charge in [0.05, 0.1) is 11.0 Å². The van der Waals surface area contributed by atoms with Crippen LogP contribution in [0.5, 0.6) is 0 Å². The Hall–Kier alpha value is -2.06. The van der Waals surface area contributed by atoms with Gasteiger partial charge in [-0.2, -0.15) is 13.2 Å². The molecule has 2 heterocycles. The van der Waals surface area contributed by atoms with Gasteiger partial charge in [-0.05, 0) is 48.7 Å². The van der Waals surface area contributed by atoms with Crippen LogP contribution < -0.4 is 4.90 Å². The fourth-order valence-electron chi connectivity index (χ4n) is 4.46. The number of halogens is 4. The number of nitrogens with zero attached hydrogens (tertiary/aromatic N) is 2. The number of ether oxygens (including phenoxy) is 1. The number of piperazine rings is 1. The maximum atomic E-state index is 13.7. The first kappa shape index (κ1) is 22.1. The van der Waals surface area contributed by atoms with Crippen LogP contribution in [0.15, 0.2) is 53.0 Å². The number of carbonyl (C=O) groups excluding carboxylic acids is 1. The van der Waals surface area contributed by atoms with Crippen molar-refractivity contribution in [1.82, 2.24) is 4.90 Å². The van der Waals surface area contributed by atoms with Crippen molar-refractivity contribution in [1.29, 1.82) is 0 Å². The first-order chi connectivity index (χ1) is 14.8. The highest BCUT2D eigenvalue weighted by Gasteiger charge is 2.44. The maximum absolute atomic E-state index is 13.7. The predicted molar refractivity (Wildman–Crippen MR) is 116 cm³/mol. The summed E-state index contributed by atoms with van der Waals surface area (Å²) >= 11 is 3.45. The number of hydrogen-bond donors (Lipinski definition) is 0. The van der Waals surface area contributed by atoms with Crippen LogP contribution in [0, 0.1) is 0 Å². The van der Waals surface area contributed by atoms with E-state index in [0.717, 1.165) is 16.1 Å². The topological polar surface area (TPSA) is 32.8 Å². The van der Waals surface area contributed by atoms with Gasteiger partial charge >= 0.3 is 6.18 Å². The molecule has 2 aliphatic heterocycles. The highest BCUT2D eigenvalue weighted by Crippen LogP contribution is 2.38. The largest absolute Gasteiger partial charge is 0.416 e. The molecule has 2 aromatic carbocycles. The quantitative estimate of drug-likeness (QED) is 0.607. The Kier molecular flexibility index (Phi) is 6.30. The zero-order valence-electron chi connectivity index (χ0n) is 17.0. The first-order valence-electron chi connectivity index (χ1n) is 10.3. The van der Waals surface area contributed by atoms with Gasteiger partial charge in [0.1, 0.15) is 0 Å². The Balaban J connectivity index is 1.50. The van der Waals surface area contributed by atoms with E-state index in [-0.39, 0.29) is 5.91 Å². The number of carbonyl (C=O) groups is 1. The van der Waals surface area contributed by atoms with Crippen LogP contribution in [0.25, 0.3) is 0 Å². The van der Waals surface area contributed by atoms with E-state index in [0.29, 0.717) is 57.9 Å². The minimum atomic E-state index is -4.37. The van der Waals surface area contributed by atoms with E-state index in [1.54, 1.807) is 6.07 Å². The SMILES string of the molecule is O=C(N1CCN(c2cccc(C(F)(F)F)c2)CC1)C1(c2ccc(Br)cc2)CCOCC1. The highest BCUT2D eigenvalue weighted by atomic mass is 79.9. The molecule has 4 rings (SSSR count).